The molecule has 0 unspecified atom stereocenters. The molecular weight excluding hydrogens is 552 g/mol. The summed E-state index contributed by atoms with van der Waals surface area (Å²) in [6, 6.07) is 20.5. The van der Waals surface area contributed by atoms with Crippen LogP contribution in [-0.4, -0.2) is 40.6 Å². The number of carbonyl (C=O) groups excluding carboxylic acids is 2. The first-order valence-electron chi connectivity index (χ1n) is 13.6. The molecule has 2 aliphatic heterocycles. The minimum atomic E-state index is -0.585. The number of thioether (sulfide) groups is 1. The lowest BCUT2D eigenvalue weighted by atomic mass is 9.93. The van der Waals surface area contributed by atoms with Crippen molar-refractivity contribution in [1.29, 1.82) is 0 Å². The first-order valence-corrected chi connectivity index (χ1v) is 14.5. The number of methoxy groups -OCH3 is 1. The predicted molar refractivity (Wildman–Crippen MR) is 161 cm³/mol. The number of nitrogens with one attached hydrogen (secondary N) is 1. The number of hydrogen-bond donors (Lipinski definition) is 1. The van der Waals surface area contributed by atoms with E-state index in [1.54, 1.807) is 27.2 Å². The van der Waals surface area contributed by atoms with Gasteiger partial charge in [-0.1, -0.05) is 54.2 Å². The highest BCUT2D eigenvalue weighted by atomic mass is 32.2. The Hall–Kier alpha value is -4.57. The van der Waals surface area contributed by atoms with Gasteiger partial charge in [0, 0.05) is 11.9 Å². The summed E-state index contributed by atoms with van der Waals surface area (Å²) in [6.07, 6.45) is 1.79. The van der Waals surface area contributed by atoms with E-state index in [-0.39, 0.29) is 18.9 Å². The van der Waals surface area contributed by atoms with Gasteiger partial charge in [-0.25, -0.2) is 9.79 Å². The number of amidine groups is 1. The maximum atomic E-state index is 13.3. The molecule has 0 spiro atoms. The number of benzene rings is 2. The van der Waals surface area contributed by atoms with Crippen LogP contribution in [0.5, 0.6) is 11.5 Å². The summed E-state index contributed by atoms with van der Waals surface area (Å²) in [7, 11) is 1.58. The molecule has 0 aliphatic carbocycles. The molecule has 0 fully saturated rings. The van der Waals surface area contributed by atoms with Gasteiger partial charge in [0.2, 0.25) is 5.91 Å². The van der Waals surface area contributed by atoms with E-state index in [0.717, 1.165) is 22.5 Å². The molecule has 1 atom stereocenters. The standard InChI is InChI=1S/C32H32N4O5S/c1-4-40-31(38)29-21(2)35-32-36(25(20-42-32)17-28(37)34-18-24-12-8-9-15-33-24)30(29)23-13-14-26(27(16-23)39-3)41-19-22-10-6-5-7-11-22/h5-16,20,30H,4,17-19H2,1-3H3,(H,34,37)/t30-/m1/s1. The quantitative estimate of drug-likeness (QED) is 0.294. The fourth-order valence-corrected chi connectivity index (χ4v) is 5.75. The third kappa shape index (κ3) is 6.49. The normalized spacial score (nSPS) is 15.9. The van der Waals surface area contributed by atoms with E-state index in [1.165, 1.54) is 11.8 Å². The second-order valence-electron chi connectivity index (χ2n) is 9.57. The van der Waals surface area contributed by atoms with E-state index < -0.39 is 12.0 Å². The van der Waals surface area contributed by atoms with Crippen molar-refractivity contribution in [2.24, 2.45) is 4.99 Å². The molecule has 1 amide bonds. The van der Waals surface area contributed by atoms with E-state index in [2.05, 4.69) is 10.3 Å². The lowest BCUT2D eigenvalue weighted by Gasteiger charge is -2.36. The zero-order chi connectivity index (χ0) is 29.5. The second kappa shape index (κ2) is 13.4. The van der Waals surface area contributed by atoms with E-state index in [0.29, 0.717) is 41.1 Å². The summed E-state index contributed by atoms with van der Waals surface area (Å²) in [5.41, 5.74) is 4.27. The largest absolute Gasteiger partial charge is 0.493 e. The van der Waals surface area contributed by atoms with Crippen molar-refractivity contribution in [3.05, 3.63) is 112 Å². The monoisotopic (exact) mass is 584 g/mol. The number of hydrogen-bond acceptors (Lipinski definition) is 9. The van der Waals surface area contributed by atoms with Crippen LogP contribution < -0.4 is 14.8 Å². The van der Waals surface area contributed by atoms with Crippen LogP contribution in [0.4, 0.5) is 0 Å². The van der Waals surface area contributed by atoms with Crippen LogP contribution in [0, 0.1) is 0 Å². The van der Waals surface area contributed by atoms with Crippen molar-refractivity contribution in [3.8, 4) is 11.5 Å². The number of pyridine rings is 1. The average Bonchev–Trinajstić information content (AvgIpc) is 3.40. The molecule has 3 aromatic rings. The molecule has 42 heavy (non-hydrogen) atoms. The maximum Gasteiger partial charge on any atom is 0.338 e. The van der Waals surface area contributed by atoms with Crippen LogP contribution in [-0.2, 0) is 27.5 Å². The van der Waals surface area contributed by atoms with Crippen molar-refractivity contribution in [2.45, 2.75) is 39.5 Å². The number of allylic oxidation sites excluding steroid dienone is 1. The highest BCUT2D eigenvalue weighted by Gasteiger charge is 2.41. The minimum absolute atomic E-state index is 0.0971. The van der Waals surface area contributed by atoms with Gasteiger partial charge in [-0.2, -0.15) is 0 Å². The first-order chi connectivity index (χ1) is 20.5. The summed E-state index contributed by atoms with van der Waals surface area (Å²) in [5.74, 6) is 0.480. The van der Waals surface area contributed by atoms with E-state index in [4.69, 9.17) is 19.2 Å². The van der Waals surface area contributed by atoms with Crippen LogP contribution in [0.1, 0.15) is 43.1 Å². The van der Waals surface area contributed by atoms with E-state index in [9.17, 15) is 9.59 Å². The number of aromatic nitrogens is 1. The number of nitrogens with zero attached hydrogens (tertiary/aromatic N) is 3. The number of aliphatic imine (C=N–C) groups is 1. The summed E-state index contributed by atoms with van der Waals surface area (Å²) in [6.45, 7) is 4.50. The molecule has 10 heteroatoms. The number of fused-ring (bicyclic) bond motifs is 1. The van der Waals surface area contributed by atoms with Crippen molar-refractivity contribution in [2.75, 3.05) is 13.7 Å². The lowest BCUT2D eigenvalue weighted by molar-refractivity contribution is -0.139. The highest BCUT2D eigenvalue weighted by Crippen LogP contribution is 2.46. The molecule has 0 saturated heterocycles. The Morgan fingerprint density at radius 1 is 1.05 bits per heavy atom. The molecular formula is C32H32N4O5S. The van der Waals surface area contributed by atoms with Crippen LogP contribution in [0.2, 0.25) is 0 Å². The smallest absolute Gasteiger partial charge is 0.338 e. The third-order valence-electron chi connectivity index (χ3n) is 6.77. The number of rotatable bonds is 11. The fraction of sp³-hybridized carbons (Fsp3) is 0.250. The van der Waals surface area contributed by atoms with Gasteiger partial charge < -0.3 is 24.4 Å². The molecule has 0 radical (unpaired) electrons. The third-order valence-corrected chi connectivity index (χ3v) is 7.66. The number of amides is 1. The maximum absolute atomic E-state index is 13.3. The number of carbonyl (C=O) groups is 2. The molecule has 9 nitrogen and oxygen atoms in total. The molecule has 1 N–H and O–H groups in total. The molecule has 216 valence electrons. The predicted octanol–water partition coefficient (Wildman–Crippen LogP) is 5.51. The topological polar surface area (TPSA) is 102 Å². The Morgan fingerprint density at radius 3 is 2.60 bits per heavy atom. The van der Waals surface area contributed by atoms with Gasteiger partial charge in [-0.3, -0.25) is 9.78 Å². The molecule has 0 bridgehead atoms. The summed E-state index contributed by atoms with van der Waals surface area (Å²) < 4.78 is 17.3. The fourth-order valence-electron chi connectivity index (χ4n) is 4.78. The molecule has 0 saturated carbocycles. The van der Waals surface area contributed by atoms with Crippen molar-refractivity contribution in [3.63, 3.8) is 0 Å². The number of esters is 1. The highest BCUT2D eigenvalue weighted by molar-refractivity contribution is 8.16. The van der Waals surface area contributed by atoms with Gasteiger partial charge in [0.25, 0.3) is 0 Å². The van der Waals surface area contributed by atoms with Gasteiger partial charge in [-0.05, 0) is 54.6 Å². The van der Waals surface area contributed by atoms with E-state index >= 15 is 0 Å². The van der Waals surface area contributed by atoms with E-state index in [1.807, 2.05) is 77.0 Å². The Bertz CT molecular complexity index is 1540. The van der Waals surface area contributed by atoms with Crippen LogP contribution in [0.3, 0.4) is 0 Å². The average molecular weight is 585 g/mol. The summed E-state index contributed by atoms with van der Waals surface area (Å²) in [5, 5.41) is 5.52. The van der Waals surface area contributed by atoms with Crippen LogP contribution >= 0.6 is 11.8 Å². The van der Waals surface area contributed by atoms with Crippen LogP contribution in [0.15, 0.2) is 100 Å². The second-order valence-corrected chi connectivity index (χ2v) is 10.4. The zero-order valence-corrected chi connectivity index (χ0v) is 24.5. The number of ether oxygens (including phenoxy) is 3. The van der Waals surface area contributed by atoms with Crippen LogP contribution in [0.25, 0.3) is 0 Å². The Kier molecular flexibility index (Phi) is 9.23. The van der Waals surface area contributed by atoms with Crippen molar-refractivity contribution in [1.82, 2.24) is 15.2 Å². The molecule has 3 heterocycles. The van der Waals surface area contributed by atoms with Gasteiger partial charge in [0.1, 0.15) is 6.61 Å². The zero-order valence-electron chi connectivity index (χ0n) is 23.7. The SMILES string of the molecule is CCOC(=O)C1=C(C)N=C2SC=C(CC(=O)NCc3ccccn3)N2[C@@H]1c1ccc(OCc2ccccc2)c(OC)c1. The Labute approximate surface area is 249 Å². The van der Waals surface area contributed by atoms with Gasteiger partial charge in [0.15, 0.2) is 16.7 Å². The lowest BCUT2D eigenvalue weighted by Crippen LogP contribution is -2.38. The molecule has 1 aromatic heterocycles. The van der Waals surface area contributed by atoms with Gasteiger partial charge in [-0.15, -0.1) is 0 Å². The summed E-state index contributed by atoms with van der Waals surface area (Å²) in [4.78, 5) is 37.2. The molecule has 2 aromatic carbocycles. The Balaban J connectivity index is 1.43. The molecule has 2 aliphatic rings. The van der Waals surface area contributed by atoms with Gasteiger partial charge in [0.05, 0.1) is 49.7 Å². The van der Waals surface area contributed by atoms with Gasteiger partial charge >= 0.3 is 5.97 Å². The van der Waals surface area contributed by atoms with Crippen molar-refractivity contribution < 1.29 is 23.8 Å². The Morgan fingerprint density at radius 2 is 1.86 bits per heavy atom. The van der Waals surface area contributed by atoms with Crippen molar-refractivity contribution >= 4 is 28.8 Å². The first kappa shape index (κ1) is 28.9. The molecule has 5 rings (SSSR count). The minimum Gasteiger partial charge on any atom is -0.493 e. The summed E-state index contributed by atoms with van der Waals surface area (Å²) >= 11 is 1.42.